The average molecular weight is 332 g/mol. The quantitative estimate of drug-likeness (QED) is 0.859. The lowest BCUT2D eigenvalue weighted by Crippen LogP contribution is -2.38. The van der Waals surface area contributed by atoms with Crippen LogP contribution in [0, 0.1) is 0 Å². The third-order valence-corrected chi connectivity index (χ3v) is 5.77. The number of nitrogens with zero attached hydrogens (tertiary/aromatic N) is 1. The Labute approximate surface area is 115 Å². The van der Waals surface area contributed by atoms with Gasteiger partial charge in [0.15, 0.2) is 0 Å². The lowest BCUT2D eigenvalue weighted by atomic mass is 9.88. The molecule has 1 heterocycles. The highest BCUT2D eigenvalue weighted by atomic mass is 79.9. The van der Waals surface area contributed by atoms with E-state index in [1.165, 1.54) is 10.6 Å². The van der Waals surface area contributed by atoms with Crippen molar-refractivity contribution < 1.29 is 13.5 Å². The molecule has 1 aliphatic heterocycles. The SMILES string of the molecule is CS(=O)(=O)N1CCC2(CC2)c2cc(Br)c(O)cc21. The van der Waals surface area contributed by atoms with E-state index in [-0.39, 0.29) is 11.2 Å². The molecule has 3 rings (SSSR count). The second-order valence-corrected chi connectivity index (χ2v) is 7.95. The monoisotopic (exact) mass is 331 g/mol. The van der Waals surface area contributed by atoms with Crippen molar-refractivity contribution in [2.24, 2.45) is 0 Å². The van der Waals surface area contributed by atoms with E-state index in [0.717, 1.165) is 24.8 Å². The van der Waals surface area contributed by atoms with Crippen LogP contribution in [0.2, 0.25) is 0 Å². The molecule has 0 radical (unpaired) electrons. The van der Waals surface area contributed by atoms with Crippen molar-refractivity contribution in [3.05, 3.63) is 22.2 Å². The predicted octanol–water partition coefficient (Wildman–Crippen LogP) is 2.36. The molecule has 2 aliphatic rings. The zero-order valence-electron chi connectivity index (χ0n) is 9.98. The van der Waals surface area contributed by atoms with Crippen molar-refractivity contribution in [3.8, 4) is 5.75 Å². The number of halogens is 1. The first-order valence-corrected chi connectivity index (χ1v) is 8.48. The van der Waals surface area contributed by atoms with Crippen LogP contribution < -0.4 is 4.31 Å². The molecule has 0 bridgehead atoms. The summed E-state index contributed by atoms with van der Waals surface area (Å²) in [5.41, 5.74) is 1.83. The van der Waals surface area contributed by atoms with Gasteiger partial charge in [0.25, 0.3) is 0 Å². The van der Waals surface area contributed by atoms with Gasteiger partial charge in [-0.1, -0.05) is 0 Å². The standard InChI is InChI=1S/C12H14BrNO3S/c1-18(16,17)14-5-4-12(2-3-12)8-6-9(13)11(15)7-10(8)14/h6-7,15H,2-5H2,1H3. The molecule has 6 heteroatoms. The molecule has 0 atom stereocenters. The third kappa shape index (κ3) is 1.73. The molecule has 4 nitrogen and oxygen atoms in total. The van der Waals surface area contributed by atoms with Crippen LogP contribution in [0.25, 0.3) is 0 Å². The van der Waals surface area contributed by atoms with E-state index in [0.29, 0.717) is 16.7 Å². The van der Waals surface area contributed by atoms with Crippen molar-refractivity contribution in [1.82, 2.24) is 0 Å². The second kappa shape index (κ2) is 3.63. The molecule has 1 spiro atoms. The summed E-state index contributed by atoms with van der Waals surface area (Å²) >= 11 is 3.31. The molecule has 1 aromatic rings. The van der Waals surface area contributed by atoms with Crippen molar-refractivity contribution in [1.29, 1.82) is 0 Å². The first kappa shape index (κ1) is 12.3. The highest BCUT2D eigenvalue weighted by Gasteiger charge is 2.49. The summed E-state index contributed by atoms with van der Waals surface area (Å²) in [6, 6.07) is 3.43. The van der Waals surface area contributed by atoms with Crippen molar-refractivity contribution >= 4 is 31.6 Å². The maximum absolute atomic E-state index is 11.8. The number of hydrogen-bond donors (Lipinski definition) is 1. The summed E-state index contributed by atoms with van der Waals surface area (Å²) in [5, 5.41) is 9.78. The van der Waals surface area contributed by atoms with Crippen molar-refractivity contribution in [3.63, 3.8) is 0 Å². The number of hydrogen-bond acceptors (Lipinski definition) is 3. The Kier molecular flexibility index (Phi) is 2.48. The first-order valence-electron chi connectivity index (χ1n) is 5.84. The highest BCUT2D eigenvalue weighted by Crippen LogP contribution is 2.57. The van der Waals surface area contributed by atoms with E-state index >= 15 is 0 Å². The van der Waals surface area contributed by atoms with Crippen LogP contribution in [0.5, 0.6) is 5.75 Å². The Bertz CT molecular complexity index is 622. The molecular weight excluding hydrogens is 318 g/mol. The van der Waals surface area contributed by atoms with Crippen LogP contribution in [-0.2, 0) is 15.4 Å². The minimum absolute atomic E-state index is 0.0834. The molecule has 1 aliphatic carbocycles. The van der Waals surface area contributed by atoms with Gasteiger partial charge < -0.3 is 5.11 Å². The van der Waals surface area contributed by atoms with Gasteiger partial charge in [0, 0.05) is 12.6 Å². The number of benzene rings is 1. The Morgan fingerprint density at radius 2 is 2.00 bits per heavy atom. The molecule has 98 valence electrons. The van der Waals surface area contributed by atoms with Crippen LogP contribution in [0.1, 0.15) is 24.8 Å². The average Bonchev–Trinajstić information content (AvgIpc) is 3.01. The fourth-order valence-electron chi connectivity index (χ4n) is 2.77. The van der Waals surface area contributed by atoms with Gasteiger partial charge in [0.2, 0.25) is 10.0 Å². The number of aromatic hydroxyl groups is 1. The molecule has 0 unspecified atom stereocenters. The Balaban J connectivity index is 2.22. The molecule has 0 saturated heterocycles. The normalized spacial score (nSPS) is 20.9. The van der Waals surface area contributed by atoms with Gasteiger partial charge in [-0.05, 0) is 52.2 Å². The van der Waals surface area contributed by atoms with Gasteiger partial charge in [-0.25, -0.2) is 8.42 Å². The molecular formula is C12H14BrNO3S. The van der Waals surface area contributed by atoms with Gasteiger partial charge in [-0.15, -0.1) is 0 Å². The highest BCUT2D eigenvalue weighted by molar-refractivity contribution is 9.10. The number of fused-ring (bicyclic) bond motifs is 2. The maximum Gasteiger partial charge on any atom is 0.232 e. The number of phenolic OH excluding ortho intramolecular Hbond substituents is 1. The third-order valence-electron chi connectivity index (χ3n) is 3.95. The van der Waals surface area contributed by atoms with E-state index in [4.69, 9.17) is 0 Å². The minimum atomic E-state index is -3.28. The predicted molar refractivity (Wildman–Crippen MR) is 73.5 cm³/mol. The van der Waals surface area contributed by atoms with E-state index in [2.05, 4.69) is 15.9 Å². The molecule has 0 aromatic heterocycles. The van der Waals surface area contributed by atoms with Gasteiger partial charge in [-0.2, -0.15) is 0 Å². The first-order chi connectivity index (χ1) is 8.33. The smallest absolute Gasteiger partial charge is 0.232 e. The molecule has 1 fully saturated rings. The Morgan fingerprint density at radius 1 is 1.33 bits per heavy atom. The van der Waals surface area contributed by atoms with Crippen molar-refractivity contribution in [2.75, 3.05) is 17.1 Å². The summed E-state index contributed by atoms with van der Waals surface area (Å²) in [6.07, 6.45) is 4.29. The van der Waals surface area contributed by atoms with Crippen LogP contribution in [0.4, 0.5) is 5.69 Å². The number of anilines is 1. The van der Waals surface area contributed by atoms with Gasteiger partial charge in [0.05, 0.1) is 16.4 Å². The van der Waals surface area contributed by atoms with Crippen molar-refractivity contribution in [2.45, 2.75) is 24.7 Å². The van der Waals surface area contributed by atoms with E-state index < -0.39 is 10.0 Å². The molecule has 1 N–H and O–H groups in total. The Morgan fingerprint density at radius 3 is 2.56 bits per heavy atom. The van der Waals surface area contributed by atoms with Gasteiger partial charge in [0.1, 0.15) is 5.75 Å². The van der Waals surface area contributed by atoms with Crippen LogP contribution in [0.3, 0.4) is 0 Å². The van der Waals surface area contributed by atoms with E-state index in [1.54, 1.807) is 6.07 Å². The summed E-state index contributed by atoms with van der Waals surface area (Å²) in [4.78, 5) is 0. The fourth-order valence-corrected chi connectivity index (χ4v) is 4.04. The van der Waals surface area contributed by atoms with E-state index in [1.807, 2.05) is 6.07 Å². The number of sulfonamides is 1. The lowest BCUT2D eigenvalue weighted by molar-refractivity contribution is 0.470. The fraction of sp³-hybridized carbons (Fsp3) is 0.500. The summed E-state index contributed by atoms with van der Waals surface area (Å²) < 4.78 is 25.6. The summed E-state index contributed by atoms with van der Waals surface area (Å²) in [7, 11) is -3.28. The topological polar surface area (TPSA) is 57.6 Å². The van der Waals surface area contributed by atoms with Gasteiger partial charge in [-0.3, -0.25) is 4.31 Å². The van der Waals surface area contributed by atoms with Crippen LogP contribution >= 0.6 is 15.9 Å². The minimum Gasteiger partial charge on any atom is -0.507 e. The van der Waals surface area contributed by atoms with Crippen LogP contribution in [-0.4, -0.2) is 26.3 Å². The maximum atomic E-state index is 11.8. The number of rotatable bonds is 1. The molecule has 1 saturated carbocycles. The summed E-state index contributed by atoms with van der Waals surface area (Å²) in [6.45, 7) is 0.507. The molecule has 1 aromatic carbocycles. The summed E-state index contributed by atoms with van der Waals surface area (Å²) in [5.74, 6) is 0.0834. The van der Waals surface area contributed by atoms with Crippen LogP contribution in [0.15, 0.2) is 16.6 Å². The second-order valence-electron chi connectivity index (χ2n) is 5.19. The Hall–Kier alpha value is -0.750. The van der Waals surface area contributed by atoms with E-state index in [9.17, 15) is 13.5 Å². The zero-order chi connectivity index (χ0) is 13.1. The molecule has 0 amide bonds. The largest absolute Gasteiger partial charge is 0.507 e. The number of phenols is 1. The lowest BCUT2D eigenvalue weighted by Gasteiger charge is -2.34. The zero-order valence-corrected chi connectivity index (χ0v) is 12.4. The molecule has 18 heavy (non-hydrogen) atoms. The van der Waals surface area contributed by atoms with Gasteiger partial charge >= 0.3 is 0 Å².